The third kappa shape index (κ3) is 4.20. The molecule has 38 heavy (non-hydrogen) atoms. The van der Waals surface area contributed by atoms with Crippen LogP contribution in [0, 0.1) is 6.92 Å². The summed E-state index contributed by atoms with van der Waals surface area (Å²) in [6, 6.07) is 14.9. The van der Waals surface area contributed by atoms with Crippen molar-refractivity contribution in [2.24, 2.45) is 4.99 Å². The van der Waals surface area contributed by atoms with E-state index in [-0.39, 0.29) is 12.2 Å². The van der Waals surface area contributed by atoms with Crippen molar-refractivity contribution in [3.05, 3.63) is 109 Å². The van der Waals surface area contributed by atoms with Crippen molar-refractivity contribution in [2.45, 2.75) is 33.4 Å². The molecule has 8 heteroatoms. The third-order valence-electron chi connectivity index (χ3n) is 6.82. The Bertz CT molecular complexity index is 1770. The number of methoxy groups -OCH3 is 1. The Morgan fingerprint density at radius 3 is 2.58 bits per heavy atom. The Hall–Kier alpha value is -4.17. The summed E-state index contributed by atoms with van der Waals surface area (Å²) in [6.07, 6.45) is 3.81. The Morgan fingerprint density at radius 2 is 1.89 bits per heavy atom. The molecule has 0 amide bonds. The van der Waals surface area contributed by atoms with Crippen LogP contribution in [0.3, 0.4) is 0 Å². The van der Waals surface area contributed by atoms with E-state index in [0.29, 0.717) is 32.9 Å². The maximum atomic E-state index is 14.0. The number of nitrogens with zero attached hydrogens (tertiary/aromatic N) is 3. The summed E-state index contributed by atoms with van der Waals surface area (Å²) in [7, 11) is 1.60. The number of carbonyl (C=O) groups excluding carboxylic acids is 1. The largest absolute Gasteiger partial charge is 0.497 e. The number of ether oxygens (including phenoxy) is 2. The molecule has 0 N–H and O–H groups in total. The molecule has 0 saturated carbocycles. The monoisotopic (exact) mass is 527 g/mol. The van der Waals surface area contributed by atoms with E-state index in [9.17, 15) is 9.59 Å². The molecular formula is C30H29N3O4S. The first kappa shape index (κ1) is 25.5. The minimum absolute atomic E-state index is 0.205. The van der Waals surface area contributed by atoms with Gasteiger partial charge in [-0.05, 0) is 50.6 Å². The van der Waals surface area contributed by atoms with Gasteiger partial charge in [-0.25, -0.2) is 9.79 Å². The molecule has 1 atom stereocenters. The number of aromatic nitrogens is 2. The summed E-state index contributed by atoms with van der Waals surface area (Å²) in [5, 5.41) is 1.06. The fraction of sp³-hybridized carbons (Fsp3) is 0.233. The lowest BCUT2D eigenvalue weighted by atomic mass is 9.96. The van der Waals surface area contributed by atoms with Gasteiger partial charge in [-0.1, -0.05) is 47.7 Å². The van der Waals surface area contributed by atoms with Gasteiger partial charge in [0.1, 0.15) is 5.75 Å². The van der Waals surface area contributed by atoms with Crippen LogP contribution in [0.25, 0.3) is 17.0 Å². The zero-order chi connectivity index (χ0) is 27.0. The Balaban J connectivity index is 1.76. The van der Waals surface area contributed by atoms with E-state index in [0.717, 1.165) is 27.7 Å². The number of thiazole rings is 1. The minimum atomic E-state index is -0.665. The van der Waals surface area contributed by atoms with Crippen LogP contribution >= 0.6 is 11.3 Å². The highest BCUT2D eigenvalue weighted by Crippen LogP contribution is 2.32. The van der Waals surface area contributed by atoms with Gasteiger partial charge in [0.05, 0.1) is 35.6 Å². The molecule has 1 aliphatic rings. The van der Waals surface area contributed by atoms with E-state index >= 15 is 0 Å². The number of esters is 1. The first-order valence-corrected chi connectivity index (χ1v) is 13.2. The van der Waals surface area contributed by atoms with Gasteiger partial charge in [0.15, 0.2) is 4.80 Å². The van der Waals surface area contributed by atoms with Crippen molar-refractivity contribution in [1.82, 2.24) is 9.13 Å². The Labute approximate surface area is 224 Å². The summed E-state index contributed by atoms with van der Waals surface area (Å²) < 4.78 is 15.0. The molecule has 0 spiro atoms. The second kappa shape index (κ2) is 10.3. The van der Waals surface area contributed by atoms with Gasteiger partial charge >= 0.3 is 5.97 Å². The van der Waals surface area contributed by atoms with Crippen molar-refractivity contribution < 1.29 is 14.3 Å². The highest BCUT2D eigenvalue weighted by atomic mass is 32.1. The van der Waals surface area contributed by atoms with E-state index in [2.05, 4.69) is 35.2 Å². The molecule has 0 bridgehead atoms. The number of para-hydroxylation sites is 1. The molecule has 5 rings (SSSR count). The topological polar surface area (TPSA) is 74.8 Å². The summed E-state index contributed by atoms with van der Waals surface area (Å²) in [4.78, 5) is 32.3. The zero-order valence-electron chi connectivity index (χ0n) is 21.9. The normalized spacial score (nSPS) is 15.4. The predicted octanol–water partition coefficient (Wildman–Crippen LogP) is 4.26. The van der Waals surface area contributed by atoms with Gasteiger partial charge in [0.25, 0.3) is 5.56 Å². The summed E-state index contributed by atoms with van der Waals surface area (Å²) in [6.45, 7) is 10.4. The maximum absolute atomic E-state index is 14.0. The summed E-state index contributed by atoms with van der Waals surface area (Å²) >= 11 is 1.32. The number of hydrogen-bond acceptors (Lipinski definition) is 6. The van der Waals surface area contributed by atoms with E-state index < -0.39 is 12.0 Å². The molecular weight excluding hydrogens is 498 g/mol. The van der Waals surface area contributed by atoms with Crippen LogP contribution in [0.4, 0.5) is 0 Å². The number of fused-ring (bicyclic) bond motifs is 2. The summed E-state index contributed by atoms with van der Waals surface area (Å²) in [5.74, 6) is 0.207. The number of benzene rings is 2. The molecule has 4 aromatic rings. The van der Waals surface area contributed by atoms with Gasteiger partial charge < -0.3 is 14.0 Å². The van der Waals surface area contributed by atoms with Crippen LogP contribution in [0.1, 0.15) is 36.7 Å². The van der Waals surface area contributed by atoms with E-state index in [4.69, 9.17) is 9.47 Å². The summed E-state index contributed by atoms with van der Waals surface area (Å²) in [5.41, 5.74) is 4.58. The number of allylic oxidation sites excluding steroid dienone is 2. The third-order valence-corrected chi connectivity index (χ3v) is 7.80. The molecule has 0 saturated heterocycles. The van der Waals surface area contributed by atoms with Gasteiger partial charge in [-0.15, -0.1) is 6.58 Å². The average Bonchev–Trinajstić information content (AvgIpc) is 3.37. The Morgan fingerprint density at radius 1 is 1.16 bits per heavy atom. The van der Waals surface area contributed by atoms with Crippen LogP contribution in [0.5, 0.6) is 5.75 Å². The highest BCUT2D eigenvalue weighted by molar-refractivity contribution is 7.07. The Kier molecular flexibility index (Phi) is 6.91. The second-order valence-electron chi connectivity index (χ2n) is 8.99. The number of rotatable bonds is 7. The van der Waals surface area contributed by atoms with Gasteiger partial charge in [0.2, 0.25) is 0 Å². The first-order valence-electron chi connectivity index (χ1n) is 12.4. The molecule has 2 aromatic heterocycles. The van der Waals surface area contributed by atoms with Gasteiger partial charge in [-0.3, -0.25) is 9.36 Å². The molecule has 0 radical (unpaired) electrons. The zero-order valence-corrected chi connectivity index (χ0v) is 22.7. The molecule has 0 fully saturated rings. The van der Waals surface area contributed by atoms with E-state index in [1.54, 1.807) is 25.5 Å². The van der Waals surface area contributed by atoms with Crippen LogP contribution < -0.4 is 19.6 Å². The van der Waals surface area contributed by atoms with E-state index in [1.165, 1.54) is 11.3 Å². The van der Waals surface area contributed by atoms with Crippen molar-refractivity contribution >= 4 is 34.3 Å². The fourth-order valence-corrected chi connectivity index (χ4v) is 6.06. The molecule has 2 aromatic carbocycles. The highest BCUT2D eigenvalue weighted by Gasteiger charge is 2.33. The van der Waals surface area contributed by atoms with Gasteiger partial charge in [0, 0.05) is 28.7 Å². The quantitative estimate of drug-likeness (QED) is 0.266. The maximum Gasteiger partial charge on any atom is 0.338 e. The molecule has 7 nitrogen and oxygen atoms in total. The standard InChI is InChI=1S/C30H29N3O4S/c1-6-16-32-19(4)23(22-10-8-9-11-24(22)32)17-25-28(34)33-27(20-12-14-21(36-5)15-13-20)26(29(35)37-7-2)18(3)31-30(33)38-25/h6,8-15,17,27H,1,7,16H2,2-5H3/b25-17+. The lowest BCUT2D eigenvalue weighted by Crippen LogP contribution is -2.39. The number of hydrogen-bond donors (Lipinski definition) is 0. The van der Waals surface area contributed by atoms with Crippen LogP contribution in [0.15, 0.2) is 82.2 Å². The van der Waals surface area contributed by atoms with E-state index in [1.807, 2.05) is 48.6 Å². The minimum Gasteiger partial charge on any atom is -0.497 e. The average molecular weight is 528 g/mol. The SMILES string of the molecule is C=CCn1c(C)c(/C=c2/sc3n(c2=O)C(c2ccc(OC)cc2)C(C(=O)OCC)=C(C)N=3)c2ccccc21. The van der Waals surface area contributed by atoms with Gasteiger partial charge in [-0.2, -0.15) is 0 Å². The van der Waals surface area contributed by atoms with Crippen molar-refractivity contribution in [2.75, 3.05) is 13.7 Å². The number of carbonyl (C=O) groups is 1. The molecule has 1 aliphatic heterocycles. The predicted molar refractivity (Wildman–Crippen MR) is 150 cm³/mol. The van der Waals surface area contributed by atoms with Crippen molar-refractivity contribution in [1.29, 1.82) is 0 Å². The van der Waals surface area contributed by atoms with Crippen LogP contribution in [-0.2, 0) is 16.1 Å². The lowest BCUT2D eigenvalue weighted by Gasteiger charge is -2.24. The molecule has 3 heterocycles. The fourth-order valence-electron chi connectivity index (χ4n) is 5.03. The molecule has 194 valence electrons. The van der Waals surface area contributed by atoms with Crippen molar-refractivity contribution in [3.8, 4) is 5.75 Å². The molecule has 0 aliphatic carbocycles. The first-order chi connectivity index (χ1) is 18.4. The van der Waals surface area contributed by atoms with Crippen LogP contribution in [0.2, 0.25) is 0 Å². The smallest absolute Gasteiger partial charge is 0.338 e. The van der Waals surface area contributed by atoms with Crippen molar-refractivity contribution in [3.63, 3.8) is 0 Å². The van der Waals surface area contributed by atoms with Crippen LogP contribution in [-0.4, -0.2) is 28.8 Å². The lowest BCUT2D eigenvalue weighted by molar-refractivity contribution is -0.139. The second-order valence-corrected chi connectivity index (χ2v) is 10.0. The molecule has 1 unspecified atom stereocenters.